The third kappa shape index (κ3) is 2.37. The van der Waals surface area contributed by atoms with Crippen LogP contribution in [-0.4, -0.2) is 12.1 Å². The summed E-state index contributed by atoms with van der Waals surface area (Å²) < 4.78 is 10.4. The van der Waals surface area contributed by atoms with Gasteiger partial charge in [-0.3, -0.25) is 0 Å². The zero-order valence-corrected chi connectivity index (χ0v) is 9.09. The molecule has 1 aromatic rings. The van der Waals surface area contributed by atoms with Gasteiger partial charge in [-0.1, -0.05) is 6.92 Å². The van der Waals surface area contributed by atoms with Crippen molar-refractivity contribution in [1.29, 1.82) is 0 Å². The molecule has 0 radical (unpaired) electrons. The molecule has 0 unspecified atom stereocenters. The highest BCUT2D eigenvalue weighted by Gasteiger charge is 2.16. The lowest BCUT2D eigenvalue weighted by Crippen LogP contribution is -2.11. The fourth-order valence-electron chi connectivity index (χ4n) is 1.20. The van der Waals surface area contributed by atoms with E-state index in [9.17, 15) is 4.79 Å². The number of hydrogen-bond acceptors (Lipinski definition) is 3. The molecule has 78 valence electrons. The lowest BCUT2D eigenvalue weighted by atomic mass is 10.2. The second-order valence-corrected chi connectivity index (χ2v) is 3.49. The van der Waals surface area contributed by atoms with Crippen molar-refractivity contribution in [2.75, 3.05) is 0 Å². The molecule has 0 aliphatic rings. The van der Waals surface area contributed by atoms with Gasteiger partial charge in [-0.05, 0) is 26.8 Å². The minimum Gasteiger partial charge on any atom is -0.465 e. The Morgan fingerprint density at radius 3 is 2.64 bits per heavy atom. The van der Waals surface area contributed by atoms with Crippen LogP contribution in [0.1, 0.15) is 42.6 Å². The molecule has 14 heavy (non-hydrogen) atoms. The predicted molar refractivity (Wildman–Crippen MR) is 53.4 cm³/mol. The van der Waals surface area contributed by atoms with Gasteiger partial charge in [-0.15, -0.1) is 0 Å². The molecule has 3 nitrogen and oxygen atoms in total. The van der Waals surface area contributed by atoms with E-state index in [1.54, 1.807) is 13.0 Å². The molecule has 0 fully saturated rings. The van der Waals surface area contributed by atoms with Crippen LogP contribution in [0.5, 0.6) is 0 Å². The molecule has 0 saturated carbocycles. The number of carbonyl (C=O) groups excluding carboxylic acids is 1. The first-order valence-electron chi connectivity index (χ1n) is 4.84. The van der Waals surface area contributed by atoms with Crippen molar-refractivity contribution in [1.82, 2.24) is 0 Å². The van der Waals surface area contributed by atoms with E-state index < -0.39 is 0 Å². The summed E-state index contributed by atoms with van der Waals surface area (Å²) in [5, 5.41) is 0. The summed E-state index contributed by atoms with van der Waals surface area (Å²) in [4.78, 5) is 11.5. The van der Waals surface area contributed by atoms with E-state index in [-0.39, 0.29) is 12.1 Å². The maximum absolute atomic E-state index is 11.5. The Morgan fingerprint density at radius 2 is 2.21 bits per heavy atom. The van der Waals surface area contributed by atoms with Crippen molar-refractivity contribution >= 4 is 5.97 Å². The van der Waals surface area contributed by atoms with E-state index in [1.807, 2.05) is 20.8 Å². The van der Waals surface area contributed by atoms with Crippen LogP contribution in [0.2, 0.25) is 0 Å². The van der Waals surface area contributed by atoms with Crippen LogP contribution >= 0.6 is 0 Å². The van der Waals surface area contributed by atoms with Gasteiger partial charge in [0.05, 0.1) is 6.10 Å². The highest BCUT2D eigenvalue weighted by Crippen LogP contribution is 2.16. The lowest BCUT2D eigenvalue weighted by Gasteiger charge is -2.05. The molecule has 0 amide bonds. The molecule has 1 rings (SSSR count). The predicted octanol–water partition coefficient (Wildman–Crippen LogP) is 2.72. The van der Waals surface area contributed by atoms with E-state index in [0.29, 0.717) is 11.3 Å². The van der Waals surface area contributed by atoms with Gasteiger partial charge in [-0.25, -0.2) is 4.79 Å². The Hall–Kier alpha value is -1.25. The van der Waals surface area contributed by atoms with E-state index >= 15 is 0 Å². The van der Waals surface area contributed by atoms with Crippen molar-refractivity contribution in [3.8, 4) is 0 Å². The average molecular weight is 196 g/mol. The van der Waals surface area contributed by atoms with Crippen molar-refractivity contribution < 1.29 is 13.9 Å². The summed E-state index contributed by atoms with van der Waals surface area (Å²) in [6.07, 6.45) is 0.692. The second kappa shape index (κ2) is 4.31. The quantitative estimate of drug-likeness (QED) is 0.698. The van der Waals surface area contributed by atoms with Gasteiger partial charge in [0.1, 0.15) is 17.1 Å². The van der Waals surface area contributed by atoms with E-state index in [0.717, 1.165) is 12.2 Å². The van der Waals surface area contributed by atoms with E-state index in [2.05, 4.69) is 0 Å². The number of furan rings is 1. The Kier molecular flexibility index (Phi) is 3.33. The minimum atomic E-state index is -0.305. The van der Waals surface area contributed by atoms with Crippen LogP contribution in [0.25, 0.3) is 0 Å². The van der Waals surface area contributed by atoms with Crippen LogP contribution in [-0.2, 0) is 11.2 Å². The summed E-state index contributed by atoms with van der Waals surface area (Å²) in [7, 11) is 0. The molecular weight excluding hydrogens is 180 g/mol. The molecule has 0 spiro atoms. The Balaban J connectivity index is 2.84. The fourth-order valence-corrected chi connectivity index (χ4v) is 1.20. The molecule has 1 heterocycles. The van der Waals surface area contributed by atoms with Crippen LogP contribution in [0, 0.1) is 6.92 Å². The number of esters is 1. The first-order valence-corrected chi connectivity index (χ1v) is 4.84. The summed E-state index contributed by atoms with van der Waals surface area (Å²) >= 11 is 0. The number of ether oxygens (including phenoxy) is 1. The molecule has 0 aliphatic carbocycles. The van der Waals surface area contributed by atoms with Gasteiger partial charge in [0.15, 0.2) is 0 Å². The first-order chi connectivity index (χ1) is 6.54. The van der Waals surface area contributed by atoms with E-state index in [1.165, 1.54) is 0 Å². The largest absolute Gasteiger partial charge is 0.465 e. The number of carbonyl (C=O) groups is 1. The molecule has 1 aromatic heterocycles. The summed E-state index contributed by atoms with van der Waals surface area (Å²) in [6, 6.07) is 1.75. The highest BCUT2D eigenvalue weighted by molar-refractivity contribution is 5.90. The molecule has 0 N–H and O–H groups in total. The maximum atomic E-state index is 11.5. The van der Waals surface area contributed by atoms with Gasteiger partial charge in [-0.2, -0.15) is 0 Å². The lowest BCUT2D eigenvalue weighted by molar-refractivity contribution is 0.0376. The molecule has 0 saturated heterocycles. The maximum Gasteiger partial charge on any atom is 0.341 e. The third-order valence-electron chi connectivity index (χ3n) is 1.88. The van der Waals surface area contributed by atoms with Crippen molar-refractivity contribution in [3.05, 3.63) is 23.2 Å². The minimum absolute atomic E-state index is 0.0955. The molecule has 0 aliphatic heterocycles. The average Bonchev–Trinajstić information content (AvgIpc) is 2.45. The Morgan fingerprint density at radius 1 is 1.57 bits per heavy atom. The molecule has 0 atom stereocenters. The number of rotatable bonds is 3. The monoisotopic (exact) mass is 196 g/mol. The fraction of sp³-hybridized carbons (Fsp3) is 0.545. The van der Waals surface area contributed by atoms with Crippen LogP contribution in [0.15, 0.2) is 10.5 Å². The molecule has 3 heteroatoms. The van der Waals surface area contributed by atoms with Gasteiger partial charge in [0.2, 0.25) is 0 Å². The van der Waals surface area contributed by atoms with Gasteiger partial charge in [0, 0.05) is 6.42 Å². The Labute approximate surface area is 84.1 Å². The van der Waals surface area contributed by atoms with Crippen LogP contribution in [0.4, 0.5) is 0 Å². The van der Waals surface area contributed by atoms with Gasteiger partial charge in [0.25, 0.3) is 0 Å². The summed E-state index contributed by atoms with van der Waals surface area (Å²) in [5.74, 6) is 1.15. The first kappa shape index (κ1) is 10.8. The van der Waals surface area contributed by atoms with Crippen LogP contribution < -0.4 is 0 Å². The summed E-state index contributed by atoms with van der Waals surface area (Å²) in [5.41, 5.74) is 0.538. The standard InChI is InChI=1S/C11H16O3/c1-5-9-6-10(8(4)14-9)11(12)13-7(2)3/h6-7H,5H2,1-4H3. The Bertz CT molecular complexity index is 323. The van der Waals surface area contributed by atoms with Crippen molar-refractivity contribution in [2.45, 2.75) is 40.2 Å². The van der Waals surface area contributed by atoms with E-state index in [4.69, 9.17) is 9.15 Å². The van der Waals surface area contributed by atoms with Gasteiger partial charge < -0.3 is 9.15 Å². The second-order valence-electron chi connectivity index (χ2n) is 3.49. The van der Waals surface area contributed by atoms with Crippen molar-refractivity contribution in [3.63, 3.8) is 0 Å². The number of hydrogen-bond donors (Lipinski definition) is 0. The SMILES string of the molecule is CCc1cc(C(=O)OC(C)C)c(C)o1. The normalized spacial score (nSPS) is 10.6. The topological polar surface area (TPSA) is 39.4 Å². The van der Waals surface area contributed by atoms with Crippen molar-refractivity contribution in [2.24, 2.45) is 0 Å². The zero-order chi connectivity index (χ0) is 10.7. The smallest absolute Gasteiger partial charge is 0.341 e. The third-order valence-corrected chi connectivity index (χ3v) is 1.88. The highest BCUT2D eigenvalue weighted by atomic mass is 16.5. The number of aryl methyl sites for hydroxylation is 2. The molecular formula is C11H16O3. The zero-order valence-electron chi connectivity index (χ0n) is 9.09. The molecule has 0 bridgehead atoms. The molecule has 0 aromatic carbocycles. The van der Waals surface area contributed by atoms with Gasteiger partial charge >= 0.3 is 5.97 Å². The van der Waals surface area contributed by atoms with Crippen LogP contribution in [0.3, 0.4) is 0 Å². The summed E-state index contributed by atoms with van der Waals surface area (Å²) in [6.45, 7) is 7.41.